The first kappa shape index (κ1) is 4.58. The van der Waals surface area contributed by atoms with Crippen molar-refractivity contribution in [2.75, 3.05) is 0 Å². The quantitative estimate of drug-likeness (QED) is 0.515. The second kappa shape index (κ2) is 1.92. The first-order valence-corrected chi connectivity index (χ1v) is 2.53. The van der Waals surface area contributed by atoms with E-state index in [4.69, 9.17) is 0 Å². The van der Waals surface area contributed by atoms with Crippen LogP contribution in [-0.4, -0.2) is 19.6 Å². The lowest BCUT2D eigenvalue weighted by atomic mass is 11.4. The third-order valence-electron chi connectivity index (χ3n) is 0.446. The topological polar surface area (TPSA) is 43.6 Å². The third kappa shape index (κ3) is 0.894. The van der Waals surface area contributed by atoms with Crippen LogP contribution in [0, 0.1) is 6.26 Å². The Bertz CT molecular complexity index is 124. The van der Waals surface area contributed by atoms with E-state index in [1.165, 1.54) is 10.5 Å². The van der Waals surface area contributed by atoms with Gasteiger partial charge in [0.1, 0.15) is 0 Å². The molecule has 37 valence electrons. The number of rotatable bonds is 1. The molecule has 0 unspecified atom stereocenters. The average molecular weight is 115 g/mol. The van der Waals surface area contributed by atoms with Crippen LogP contribution in [0.15, 0.2) is 6.33 Å². The fourth-order valence-electron chi connectivity index (χ4n) is 0.217. The molecule has 0 fully saturated rings. The second-order valence-electron chi connectivity index (χ2n) is 0.818. The van der Waals surface area contributed by atoms with Gasteiger partial charge in [-0.3, -0.25) is 0 Å². The molecule has 0 aromatic carbocycles. The second-order valence-corrected chi connectivity index (χ2v) is 1.40. The Morgan fingerprint density at radius 3 is 2.86 bits per heavy atom. The summed E-state index contributed by atoms with van der Waals surface area (Å²) in [5, 5.41) is 10.6. The summed E-state index contributed by atoms with van der Waals surface area (Å²) in [6, 6.07) is 0. The molecule has 0 aliphatic carbocycles. The summed E-state index contributed by atoms with van der Waals surface area (Å²) >= 11 is 1.16. The SMILES string of the molecule is [CH2]Sn1ncnn1. The predicted octanol–water partition coefficient (Wildman–Crippen LogP) is -0.0390. The molecule has 1 aromatic heterocycles. The number of aromatic nitrogens is 4. The molecule has 0 bridgehead atoms. The van der Waals surface area contributed by atoms with Crippen LogP contribution < -0.4 is 0 Å². The Labute approximate surface area is 45.0 Å². The molecule has 1 rings (SSSR count). The maximum Gasteiger partial charge on any atom is 0.163 e. The van der Waals surface area contributed by atoms with Crippen LogP contribution in [0.2, 0.25) is 0 Å². The van der Waals surface area contributed by atoms with E-state index >= 15 is 0 Å². The molecule has 4 nitrogen and oxygen atoms in total. The van der Waals surface area contributed by atoms with E-state index in [1.807, 2.05) is 0 Å². The Morgan fingerprint density at radius 1 is 1.71 bits per heavy atom. The zero-order valence-electron chi connectivity index (χ0n) is 3.48. The van der Waals surface area contributed by atoms with Gasteiger partial charge in [0.05, 0.1) is 0 Å². The minimum Gasteiger partial charge on any atom is -0.129 e. The Balaban J connectivity index is 2.76. The van der Waals surface area contributed by atoms with E-state index < -0.39 is 0 Å². The van der Waals surface area contributed by atoms with Crippen molar-refractivity contribution >= 4 is 11.9 Å². The average Bonchev–Trinajstić information content (AvgIpc) is 2.14. The van der Waals surface area contributed by atoms with Crippen molar-refractivity contribution < 1.29 is 0 Å². The highest BCUT2D eigenvalue weighted by Crippen LogP contribution is 1.91. The Kier molecular flexibility index (Phi) is 1.26. The summed E-state index contributed by atoms with van der Waals surface area (Å²) in [5.41, 5.74) is 0. The zero-order chi connectivity index (χ0) is 5.11. The van der Waals surface area contributed by atoms with Crippen LogP contribution in [0.1, 0.15) is 0 Å². The smallest absolute Gasteiger partial charge is 0.129 e. The molecule has 0 aliphatic rings. The predicted molar refractivity (Wildman–Crippen MR) is 26.2 cm³/mol. The standard InChI is InChI=1S/C2H3N4S/c1-7-6-4-2-3-5-6/h2H,1H2. The van der Waals surface area contributed by atoms with Crippen molar-refractivity contribution in [1.29, 1.82) is 0 Å². The van der Waals surface area contributed by atoms with Crippen LogP contribution in [-0.2, 0) is 0 Å². The minimum atomic E-state index is 1.16. The summed E-state index contributed by atoms with van der Waals surface area (Å²) in [5.74, 6) is 0. The molecule has 0 saturated carbocycles. The van der Waals surface area contributed by atoms with Gasteiger partial charge in [0.2, 0.25) is 0 Å². The molecule has 0 spiro atoms. The normalized spacial score (nSPS) is 9.29. The summed E-state index contributed by atoms with van der Waals surface area (Å²) < 4.78 is 1.32. The van der Waals surface area contributed by atoms with E-state index in [0.29, 0.717) is 0 Å². The van der Waals surface area contributed by atoms with Crippen LogP contribution in [0.5, 0.6) is 0 Å². The van der Waals surface area contributed by atoms with E-state index in [2.05, 4.69) is 21.7 Å². The molecular formula is C2H3N4S. The molecule has 5 heteroatoms. The van der Waals surface area contributed by atoms with Gasteiger partial charge in [-0.05, 0) is 17.2 Å². The van der Waals surface area contributed by atoms with Gasteiger partial charge in [-0.15, -0.1) is 14.4 Å². The van der Waals surface area contributed by atoms with Gasteiger partial charge in [0.25, 0.3) is 0 Å². The van der Waals surface area contributed by atoms with Crippen molar-refractivity contribution in [2.45, 2.75) is 0 Å². The third-order valence-corrected chi connectivity index (χ3v) is 0.844. The van der Waals surface area contributed by atoms with Crippen molar-refractivity contribution in [3.8, 4) is 0 Å². The maximum atomic E-state index is 3.63. The van der Waals surface area contributed by atoms with Crippen molar-refractivity contribution in [2.24, 2.45) is 0 Å². The monoisotopic (exact) mass is 115 g/mol. The fourth-order valence-corrected chi connectivity index (χ4v) is 0.419. The molecular weight excluding hydrogens is 112 g/mol. The Hall–Kier alpha value is -0.580. The molecule has 1 radical (unpaired) electrons. The molecule has 1 heterocycles. The maximum absolute atomic E-state index is 3.63. The first-order chi connectivity index (χ1) is 3.43. The Morgan fingerprint density at radius 2 is 2.57 bits per heavy atom. The van der Waals surface area contributed by atoms with Crippen molar-refractivity contribution in [3.63, 3.8) is 0 Å². The van der Waals surface area contributed by atoms with E-state index in [9.17, 15) is 0 Å². The zero-order valence-corrected chi connectivity index (χ0v) is 4.30. The van der Waals surface area contributed by atoms with Crippen LogP contribution >= 0.6 is 11.9 Å². The summed E-state index contributed by atoms with van der Waals surface area (Å²) in [4.78, 5) is 0. The van der Waals surface area contributed by atoms with Crippen molar-refractivity contribution in [1.82, 2.24) is 19.6 Å². The summed E-state index contributed by atoms with van der Waals surface area (Å²) in [6.07, 6.45) is 4.80. The summed E-state index contributed by atoms with van der Waals surface area (Å²) in [6.45, 7) is 0. The van der Waals surface area contributed by atoms with E-state index in [0.717, 1.165) is 11.9 Å². The first-order valence-electron chi connectivity index (χ1n) is 1.59. The van der Waals surface area contributed by atoms with Gasteiger partial charge in [0.15, 0.2) is 6.33 Å². The lowest BCUT2D eigenvalue weighted by Crippen LogP contribution is -1.87. The van der Waals surface area contributed by atoms with Crippen LogP contribution in [0.4, 0.5) is 0 Å². The highest BCUT2D eigenvalue weighted by atomic mass is 32.2. The molecule has 0 saturated heterocycles. The number of nitrogens with zero attached hydrogens (tertiary/aromatic N) is 4. The van der Waals surface area contributed by atoms with Crippen molar-refractivity contribution in [3.05, 3.63) is 12.6 Å². The van der Waals surface area contributed by atoms with Gasteiger partial charge < -0.3 is 0 Å². The van der Waals surface area contributed by atoms with Gasteiger partial charge in [0, 0.05) is 6.26 Å². The minimum absolute atomic E-state index is 1.16. The summed E-state index contributed by atoms with van der Waals surface area (Å²) in [7, 11) is 0. The molecule has 0 atom stereocenters. The van der Waals surface area contributed by atoms with Crippen LogP contribution in [0.25, 0.3) is 0 Å². The molecule has 0 aliphatic heterocycles. The molecule has 1 aromatic rings. The van der Waals surface area contributed by atoms with Gasteiger partial charge in [-0.25, -0.2) is 0 Å². The number of tetrazole rings is 1. The number of hydrogen-bond donors (Lipinski definition) is 0. The molecule has 7 heavy (non-hydrogen) atoms. The highest BCUT2D eigenvalue weighted by molar-refractivity contribution is 7.98. The highest BCUT2D eigenvalue weighted by Gasteiger charge is 1.81. The fraction of sp³-hybridized carbons (Fsp3) is 0. The largest absolute Gasteiger partial charge is 0.163 e. The van der Waals surface area contributed by atoms with Gasteiger partial charge in [-0.2, -0.15) is 0 Å². The lowest BCUT2D eigenvalue weighted by molar-refractivity contribution is 0.821. The molecule has 0 N–H and O–H groups in total. The lowest BCUT2D eigenvalue weighted by Gasteiger charge is -1.80. The number of hydrogen-bond acceptors (Lipinski definition) is 4. The van der Waals surface area contributed by atoms with Crippen LogP contribution in [0.3, 0.4) is 0 Å². The van der Waals surface area contributed by atoms with Gasteiger partial charge in [-0.1, -0.05) is 0 Å². The van der Waals surface area contributed by atoms with Gasteiger partial charge >= 0.3 is 0 Å². The van der Waals surface area contributed by atoms with E-state index in [1.54, 1.807) is 0 Å². The molecule has 0 amide bonds. The van der Waals surface area contributed by atoms with E-state index in [-0.39, 0.29) is 0 Å².